The number of carbonyl (C=O) groups is 1. The zero-order chi connectivity index (χ0) is 21.8. The van der Waals surface area contributed by atoms with Gasteiger partial charge >= 0.3 is 5.69 Å². The van der Waals surface area contributed by atoms with Gasteiger partial charge < -0.3 is 14.8 Å². The predicted molar refractivity (Wildman–Crippen MR) is 118 cm³/mol. The van der Waals surface area contributed by atoms with Gasteiger partial charge in [0.15, 0.2) is 5.65 Å². The van der Waals surface area contributed by atoms with Crippen molar-refractivity contribution in [2.45, 2.75) is 48.9 Å². The molecule has 1 saturated carbocycles. The lowest BCUT2D eigenvalue weighted by Crippen LogP contribution is -2.29. The van der Waals surface area contributed by atoms with E-state index in [1.807, 2.05) is 6.07 Å². The second kappa shape index (κ2) is 9.42. The number of hydrogen-bond donors (Lipinski definition) is 1. The number of hydrogen-bond acceptors (Lipinski definition) is 7. The summed E-state index contributed by atoms with van der Waals surface area (Å²) in [5, 5.41) is 12.8. The van der Waals surface area contributed by atoms with E-state index in [1.165, 1.54) is 50.8 Å². The predicted octanol–water partition coefficient (Wildman–Crippen LogP) is 2.97. The smallest absolute Gasteiger partial charge is 0.367 e. The molecule has 0 bridgehead atoms. The highest BCUT2D eigenvalue weighted by Crippen LogP contribution is 2.32. The lowest BCUT2D eigenvalue weighted by atomic mass is 10.0. The molecule has 164 valence electrons. The SMILES string of the molecule is COc1cc(NC(=O)Cn2nc3ccc(SC4CCCCC4)nn3c2=O)cc(OC)c1. The van der Waals surface area contributed by atoms with E-state index in [0.29, 0.717) is 28.1 Å². The molecule has 4 rings (SSSR count). The first-order valence-corrected chi connectivity index (χ1v) is 11.1. The molecule has 2 heterocycles. The van der Waals surface area contributed by atoms with Gasteiger partial charge in [0.1, 0.15) is 23.1 Å². The minimum absolute atomic E-state index is 0.229. The first-order valence-electron chi connectivity index (χ1n) is 10.2. The van der Waals surface area contributed by atoms with Crippen LogP contribution in [0, 0.1) is 0 Å². The van der Waals surface area contributed by atoms with E-state index in [2.05, 4.69) is 15.5 Å². The molecule has 0 spiro atoms. The van der Waals surface area contributed by atoms with Gasteiger partial charge in [0.05, 0.1) is 14.2 Å². The van der Waals surface area contributed by atoms with Gasteiger partial charge in [0, 0.05) is 29.1 Å². The molecule has 10 heteroatoms. The van der Waals surface area contributed by atoms with Crippen LogP contribution >= 0.6 is 11.8 Å². The van der Waals surface area contributed by atoms with E-state index in [1.54, 1.807) is 36.0 Å². The zero-order valence-corrected chi connectivity index (χ0v) is 18.4. The number of anilines is 1. The van der Waals surface area contributed by atoms with Crippen LogP contribution in [0.5, 0.6) is 11.5 Å². The molecule has 1 fully saturated rings. The molecule has 3 aromatic rings. The van der Waals surface area contributed by atoms with Crippen LogP contribution < -0.4 is 20.5 Å². The molecule has 1 N–H and O–H groups in total. The first-order chi connectivity index (χ1) is 15.1. The number of nitrogens with one attached hydrogen (secondary N) is 1. The van der Waals surface area contributed by atoms with Crippen LogP contribution in [0.3, 0.4) is 0 Å². The van der Waals surface area contributed by atoms with Gasteiger partial charge in [0.25, 0.3) is 0 Å². The molecular formula is C21H25N5O4S. The Kier molecular flexibility index (Phi) is 6.45. The third kappa shape index (κ3) is 5.01. The van der Waals surface area contributed by atoms with Crippen LogP contribution in [0.25, 0.3) is 5.65 Å². The van der Waals surface area contributed by atoms with E-state index in [0.717, 1.165) is 9.71 Å². The number of ether oxygens (including phenoxy) is 2. The van der Waals surface area contributed by atoms with E-state index in [4.69, 9.17) is 9.47 Å². The number of methoxy groups -OCH3 is 2. The van der Waals surface area contributed by atoms with E-state index in [-0.39, 0.29) is 6.54 Å². The fraction of sp³-hybridized carbons (Fsp3) is 0.429. The van der Waals surface area contributed by atoms with Crippen molar-refractivity contribution >= 4 is 29.0 Å². The Balaban J connectivity index is 1.48. The van der Waals surface area contributed by atoms with Crippen LogP contribution in [-0.2, 0) is 11.3 Å². The minimum atomic E-state index is -0.445. The molecule has 2 aromatic heterocycles. The molecule has 1 aliphatic rings. The second-order valence-corrected chi connectivity index (χ2v) is 8.73. The van der Waals surface area contributed by atoms with Crippen molar-refractivity contribution in [3.63, 3.8) is 0 Å². The molecule has 1 aromatic carbocycles. The largest absolute Gasteiger partial charge is 0.497 e. The van der Waals surface area contributed by atoms with Crippen LogP contribution in [0.1, 0.15) is 32.1 Å². The fourth-order valence-electron chi connectivity index (χ4n) is 3.63. The van der Waals surface area contributed by atoms with Crippen molar-refractivity contribution in [3.8, 4) is 11.5 Å². The number of aromatic nitrogens is 4. The van der Waals surface area contributed by atoms with Gasteiger partial charge in [0.2, 0.25) is 5.91 Å². The van der Waals surface area contributed by atoms with E-state index >= 15 is 0 Å². The van der Waals surface area contributed by atoms with Crippen molar-refractivity contribution in [2.24, 2.45) is 0 Å². The normalized spacial score (nSPS) is 14.5. The van der Waals surface area contributed by atoms with Gasteiger partial charge in [-0.1, -0.05) is 19.3 Å². The molecule has 9 nitrogen and oxygen atoms in total. The zero-order valence-electron chi connectivity index (χ0n) is 17.5. The standard InChI is InChI=1S/C21H25N5O4S/c1-29-15-10-14(11-16(12-15)30-2)22-19(27)13-25-21(28)26-18(23-25)8-9-20(24-26)31-17-6-4-3-5-7-17/h8-12,17H,3-7,13H2,1-2H3,(H,22,27). The number of amides is 1. The maximum atomic E-state index is 12.7. The van der Waals surface area contributed by atoms with Crippen LogP contribution in [0.4, 0.5) is 5.69 Å². The summed E-state index contributed by atoms with van der Waals surface area (Å²) in [5.41, 5.74) is 0.468. The fourth-order valence-corrected chi connectivity index (χ4v) is 4.81. The highest BCUT2D eigenvalue weighted by Gasteiger charge is 2.17. The van der Waals surface area contributed by atoms with Crippen LogP contribution in [-0.4, -0.2) is 44.8 Å². The molecule has 0 aliphatic heterocycles. The number of benzene rings is 1. The molecule has 0 unspecified atom stereocenters. The van der Waals surface area contributed by atoms with Gasteiger partial charge in [-0.2, -0.15) is 9.61 Å². The summed E-state index contributed by atoms with van der Waals surface area (Å²) >= 11 is 1.71. The maximum Gasteiger partial charge on any atom is 0.367 e. The number of carbonyl (C=O) groups excluding carboxylic acids is 1. The topological polar surface area (TPSA) is 99.7 Å². The minimum Gasteiger partial charge on any atom is -0.497 e. The lowest BCUT2D eigenvalue weighted by Gasteiger charge is -2.20. The summed E-state index contributed by atoms with van der Waals surface area (Å²) in [6.07, 6.45) is 6.13. The Bertz CT molecular complexity index is 1110. The lowest BCUT2D eigenvalue weighted by molar-refractivity contribution is -0.117. The third-order valence-electron chi connectivity index (χ3n) is 5.18. The molecule has 0 radical (unpaired) electrons. The Morgan fingerprint density at radius 3 is 2.48 bits per heavy atom. The summed E-state index contributed by atoms with van der Waals surface area (Å²) in [5.74, 6) is 0.705. The van der Waals surface area contributed by atoms with Crippen molar-refractivity contribution in [1.82, 2.24) is 19.4 Å². The van der Waals surface area contributed by atoms with Gasteiger partial charge in [-0.15, -0.1) is 16.9 Å². The summed E-state index contributed by atoms with van der Waals surface area (Å²) in [7, 11) is 3.06. The average Bonchev–Trinajstić information content (AvgIpc) is 3.08. The monoisotopic (exact) mass is 443 g/mol. The molecule has 0 saturated heterocycles. The molecular weight excluding hydrogens is 418 g/mol. The average molecular weight is 444 g/mol. The van der Waals surface area contributed by atoms with Crippen molar-refractivity contribution < 1.29 is 14.3 Å². The number of nitrogens with zero attached hydrogens (tertiary/aromatic N) is 4. The molecule has 1 amide bonds. The summed E-state index contributed by atoms with van der Waals surface area (Å²) in [6, 6.07) is 8.69. The maximum absolute atomic E-state index is 12.7. The number of fused-ring (bicyclic) bond motifs is 1. The summed E-state index contributed by atoms with van der Waals surface area (Å²) < 4.78 is 12.8. The van der Waals surface area contributed by atoms with Crippen LogP contribution in [0.2, 0.25) is 0 Å². The van der Waals surface area contributed by atoms with Gasteiger partial charge in [-0.25, -0.2) is 9.48 Å². The Morgan fingerprint density at radius 2 is 1.81 bits per heavy atom. The molecule has 31 heavy (non-hydrogen) atoms. The second-order valence-electron chi connectivity index (χ2n) is 7.41. The van der Waals surface area contributed by atoms with Crippen molar-refractivity contribution in [1.29, 1.82) is 0 Å². The number of thioether (sulfide) groups is 1. The van der Waals surface area contributed by atoms with Crippen molar-refractivity contribution in [2.75, 3.05) is 19.5 Å². The quantitative estimate of drug-likeness (QED) is 0.599. The van der Waals surface area contributed by atoms with Crippen molar-refractivity contribution in [3.05, 3.63) is 40.8 Å². The summed E-state index contributed by atoms with van der Waals surface area (Å²) in [6.45, 7) is -0.229. The van der Waals surface area contributed by atoms with Gasteiger partial charge in [-0.05, 0) is 25.0 Å². The molecule has 0 atom stereocenters. The highest BCUT2D eigenvalue weighted by molar-refractivity contribution is 7.99. The third-order valence-corrected chi connectivity index (χ3v) is 6.45. The Hall–Kier alpha value is -3.01. The van der Waals surface area contributed by atoms with Gasteiger partial charge in [-0.3, -0.25) is 4.79 Å². The highest BCUT2D eigenvalue weighted by atomic mass is 32.2. The summed E-state index contributed by atoms with van der Waals surface area (Å²) in [4.78, 5) is 25.2. The first kappa shape index (κ1) is 21.2. The van der Waals surface area contributed by atoms with E-state index < -0.39 is 11.6 Å². The Morgan fingerprint density at radius 1 is 1.10 bits per heavy atom. The van der Waals surface area contributed by atoms with Crippen LogP contribution in [0.15, 0.2) is 40.2 Å². The Labute approximate surface area is 183 Å². The molecule has 1 aliphatic carbocycles. The number of rotatable bonds is 7. The van der Waals surface area contributed by atoms with E-state index in [9.17, 15) is 9.59 Å².